The van der Waals surface area contributed by atoms with Crippen molar-refractivity contribution < 1.29 is 14.2 Å². The van der Waals surface area contributed by atoms with Crippen LogP contribution >= 0.6 is 0 Å². The second-order valence-electron chi connectivity index (χ2n) is 4.56. The minimum atomic E-state index is 0.321. The first-order valence-electron chi connectivity index (χ1n) is 6.99. The molecule has 1 fully saturated rings. The summed E-state index contributed by atoms with van der Waals surface area (Å²) in [5.74, 6) is 6.63. The van der Waals surface area contributed by atoms with Crippen molar-refractivity contribution in [3.8, 4) is 17.6 Å². The molecule has 0 amide bonds. The molecule has 0 saturated carbocycles. The Bertz CT molecular complexity index is 441. The maximum absolute atomic E-state index is 5.74. The first-order chi connectivity index (χ1) is 9.88. The molecule has 2 N–H and O–H groups in total. The highest BCUT2D eigenvalue weighted by atomic mass is 16.5. The van der Waals surface area contributed by atoms with E-state index in [0.717, 1.165) is 37.4 Å². The maximum Gasteiger partial charge on any atom is 0.119 e. The Morgan fingerprint density at radius 1 is 1.15 bits per heavy atom. The summed E-state index contributed by atoms with van der Waals surface area (Å²) in [4.78, 5) is 0. The molecule has 0 aromatic heterocycles. The fraction of sp³-hybridized carbons (Fsp3) is 0.500. The number of ether oxygens (including phenoxy) is 3. The molecule has 4 nitrogen and oxygen atoms in total. The first kappa shape index (κ1) is 14.9. The first-order valence-corrected chi connectivity index (χ1v) is 6.99. The van der Waals surface area contributed by atoms with Gasteiger partial charge in [-0.1, -0.05) is 11.8 Å². The monoisotopic (exact) mass is 275 g/mol. The molecule has 108 valence electrons. The summed E-state index contributed by atoms with van der Waals surface area (Å²) >= 11 is 0. The van der Waals surface area contributed by atoms with Gasteiger partial charge in [-0.15, -0.1) is 0 Å². The van der Waals surface area contributed by atoms with Gasteiger partial charge in [0.15, 0.2) is 0 Å². The fourth-order valence-electron chi connectivity index (χ4n) is 2.00. The van der Waals surface area contributed by atoms with Gasteiger partial charge in [0.2, 0.25) is 0 Å². The Morgan fingerprint density at radius 2 is 1.90 bits per heavy atom. The van der Waals surface area contributed by atoms with Crippen molar-refractivity contribution in [3.63, 3.8) is 0 Å². The normalized spacial score (nSPS) is 15.4. The standard InChI is InChI=1S/C16H21NO3/c17-9-1-2-14-3-5-15(6-4-14)19-12-13-20-16-7-10-18-11-8-16/h3-6,16H,7-13,17H2. The highest BCUT2D eigenvalue weighted by Crippen LogP contribution is 2.13. The van der Waals surface area contributed by atoms with Gasteiger partial charge in [0.25, 0.3) is 0 Å². The van der Waals surface area contributed by atoms with E-state index in [-0.39, 0.29) is 0 Å². The predicted molar refractivity (Wildman–Crippen MR) is 77.7 cm³/mol. The maximum atomic E-state index is 5.74. The zero-order chi connectivity index (χ0) is 14.0. The van der Waals surface area contributed by atoms with Crippen LogP contribution in [0.2, 0.25) is 0 Å². The van der Waals surface area contributed by atoms with Gasteiger partial charge >= 0.3 is 0 Å². The van der Waals surface area contributed by atoms with E-state index in [1.165, 1.54) is 0 Å². The summed E-state index contributed by atoms with van der Waals surface area (Å²) in [6.45, 7) is 3.15. The lowest BCUT2D eigenvalue weighted by Gasteiger charge is -2.22. The van der Waals surface area contributed by atoms with E-state index in [1.54, 1.807) is 0 Å². The average molecular weight is 275 g/mol. The molecule has 0 bridgehead atoms. The van der Waals surface area contributed by atoms with Crippen molar-refractivity contribution >= 4 is 0 Å². The van der Waals surface area contributed by atoms with Crippen LogP contribution < -0.4 is 10.5 Å². The number of hydrogen-bond donors (Lipinski definition) is 1. The molecule has 4 heteroatoms. The minimum absolute atomic E-state index is 0.321. The Morgan fingerprint density at radius 3 is 2.60 bits per heavy atom. The van der Waals surface area contributed by atoms with E-state index in [9.17, 15) is 0 Å². The molecule has 20 heavy (non-hydrogen) atoms. The highest BCUT2D eigenvalue weighted by Gasteiger charge is 2.13. The van der Waals surface area contributed by atoms with Crippen LogP contribution in [0, 0.1) is 11.8 Å². The third kappa shape index (κ3) is 5.22. The van der Waals surface area contributed by atoms with Crippen molar-refractivity contribution in [1.82, 2.24) is 0 Å². The van der Waals surface area contributed by atoms with E-state index in [2.05, 4.69) is 11.8 Å². The van der Waals surface area contributed by atoms with Crippen molar-refractivity contribution in [2.45, 2.75) is 18.9 Å². The molecule has 1 heterocycles. The Kier molecular flexibility index (Phi) is 6.39. The number of nitrogens with two attached hydrogens (primary N) is 1. The third-order valence-corrected chi connectivity index (χ3v) is 3.06. The Hall–Kier alpha value is -1.54. The molecule has 1 aromatic carbocycles. The van der Waals surface area contributed by atoms with Gasteiger partial charge in [0.05, 0.1) is 19.3 Å². The molecule has 1 aliphatic rings. The second-order valence-corrected chi connectivity index (χ2v) is 4.56. The van der Waals surface area contributed by atoms with Gasteiger partial charge in [-0.2, -0.15) is 0 Å². The van der Waals surface area contributed by atoms with Crippen molar-refractivity contribution in [2.75, 3.05) is 33.0 Å². The second kappa shape index (κ2) is 8.60. The molecule has 2 rings (SSSR count). The smallest absolute Gasteiger partial charge is 0.119 e. The molecule has 0 radical (unpaired) electrons. The summed E-state index contributed by atoms with van der Waals surface area (Å²) in [6, 6.07) is 7.68. The van der Waals surface area contributed by atoms with Gasteiger partial charge < -0.3 is 19.9 Å². The lowest BCUT2D eigenvalue weighted by Crippen LogP contribution is -2.25. The summed E-state index contributed by atoms with van der Waals surface area (Å²) < 4.78 is 16.7. The molecule has 1 aromatic rings. The van der Waals surface area contributed by atoms with Crippen LogP contribution in [-0.4, -0.2) is 39.1 Å². The zero-order valence-electron chi connectivity index (χ0n) is 11.6. The molecule has 0 aliphatic carbocycles. The van der Waals surface area contributed by atoms with Crippen LogP contribution in [0.25, 0.3) is 0 Å². The van der Waals surface area contributed by atoms with Crippen LogP contribution in [0.3, 0.4) is 0 Å². The molecular weight excluding hydrogens is 254 g/mol. The number of benzene rings is 1. The van der Waals surface area contributed by atoms with Crippen LogP contribution in [0.5, 0.6) is 5.75 Å². The fourth-order valence-corrected chi connectivity index (χ4v) is 2.00. The van der Waals surface area contributed by atoms with Crippen LogP contribution in [0.15, 0.2) is 24.3 Å². The lowest BCUT2D eigenvalue weighted by atomic mass is 10.2. The van der Waals surface area contributed by atoms with E-state index in [0.29, 0.717) is 25.9 Å². The molecule has 0 unspecified atom stereocenters. The Balaban J connectivity index is 1.66. The van der Waals surface area contributed by atoms with Crippen molar-refractivity contribution in [3.05, 3.63) is 29.8 Å². The molecule has 0 atom stereocenters. The van der Waals surface area contributed by atoms with E-state index < -0.39 is 0 Å². The zero-order valence-corrected chi connectivity index (χ0v) is 11.6. The Labute approximate surface area is 120 Å². The number of rotatable bonds is 5. The van der Waals surface area contributed by atoms with Gasteiger partial charge in [0.1, 0.15) is 12.4 Å². The topological polar surface area (TPSA) is 53.7 Å². The van der Waals surface area contributed by atoms with Crippen LogP contribution in [0.4, 0.5) is 0 Å². The summed E-state index contributed by atoms with van der Waals surface area (Å²) in [5.41, 5.74) is 6.27. The van der Waals surface area contributed by atoms with Gasteiger partial charge in [-0.25, -0.2) is 0 Å². The van der Waals surface area contributed by atoms with Gasteiger partial charge in [0, 0.05) is 18.8 Å². The van der Waals surface area contributed by atoms with E-state index in [4.69, 9.17) is 19.9 Å². The van der Waals surface area contributed by atoms with Crippen LogP contribution in [-0.2, 0) is 9.47 Å². The van der Waals surface area contributed by atoms with E-state index >= 15 is 0 Å². The van der Waals surface area contributed by atoms with Crippen molar-refractivity contribution in [1.29, 1.82) is 0 Å². The quantitative estimate of drug-likeness (QED) is 0.654. The third-order valence-electron chi connectivity index (χ3n) is 3.06. The minimum Gasteiger partial charge on any atom is -0.491 e. The van der Waals surface area contributed by atoms with Gasteiger partial charge in [-0.05, 0) is 37.1 Å². The molecule has 0 spiro atoms. The molecular formula is C16H21NO3. The summed E-state index contributed by atoms with van der Waals surface area (Å²) in [5, 5.41) is 0. The van der Waals surface area contributed by atoms with E-state index in [1.807, 2.05) is 24.3 Å². The molecule has 1 aliphatic heterocycles. The van der Waals surface area contributed by atoms with Crippen molar-refractivity contribution in [2.24, 2.45) is 5.73 Å². The summed E-state index contributed by atoms with van der Waals surface area (Å²) in [6.07, 6.45) is 2.28. The number of hydrogen-bond acceptors (Lipinski definition) is 4. The predicted octanol–water partition coefficient (Wildman–Crippen LogP) is 1.57. The SMILES string of the molecule is NCC#Cc1ccc(OCCOC2CCOCC2)cc1. The van der Waals surface area contributed by atoms with Gasteiger partial charge in [-0.3, -0.25) is 0 Å². The highest BCUT2D eigenvalue weighted by molar-refractivity contribution is 5.38. The van der Waals surface area contributed by atoms with Crippen LogP contribution in [0.1, 0.15) is 18.4 Å². The molecule has 1 saturated heterocycles. The lowest BCUT2D eigenvalue weighted by molar-refractivity contribution is -0.0388. The largest absolute Gasteiger partial charge is 0.491 e. The summed E-state index contributed by atoms with van der Waals surface area (Å²) in [7, 11) is 0. The average Bonchev–Trinajstić information content (AvgIpc) is 2.52.